The Balaban J connectivity index is 1.40. The summed E-state index contributed by atoms with van der Waals surface area (Å²) in [5, 5.41) is 8.92. The number of fused-ring (bicyclic) bond motifs is 5. The molecule has 4 aliphatic rings. The first-order valence-corrected chi connectivity index (χ1v) is 7.46. The van der Waals surface area contributed by atoms with E-state index in [4.69, 9.17) is 14.6 Å². The van der Waals surface area contributed by atoms with Crippen LogP contribution >= 0.6 is 0 Å². The van der Waals surface area contributed by atoms with Gasteiger partial charge in [-0.05, 0) is 25.7 Å². The molecule has 0 saturated carbocycles. The molecule has 1 amide bonds. The fourth-order valence-electron chi connectivity index (χ4n) is 4.34. The predicted octanol–water partition coefficient (Wildman–Crippen LogP) is 0.254. The van der Waals surface area contributed by atoms with Crippen LogP contribution in [0.15, 0.2) is 0 Å². The van der Waals surface area contributed by atoms with Crippen LogP contribution in [0.4, 0.5) is 0 Å². The second-order valence-corrected chi connectivity index (χ2v) is 6.39. The third-order valence-electron chi connectivity index (χ3n) is 5.33. The van der Waals surface area contributed by atoms with Crippen molar-refractivity contribution in [1.29, 1.82) is 0 Å². The first-order valence-electron chi connectivity index (χ1n) is 7.46. The molecule has 0 radical (unpaired) electrons. The van der Waals surface area contributed by atoms with E-state index < -0.39 is 18.2 Å². The first kappa shape index (κ1) is 12.6. The van der Waals surface area contributed by atoms with Gasteiger partial charge in [0, 0.05) is 24.9 Å². The standard InChI is InChI=1S/C14H19NO5/c16-13(11-3-4-12(20-11)14(17)18)15-5-7-8(6-15)10-2-1-9(7)19-10/h7-12H,1-6H2,(H,17,18)/t7?,8?,9?,10?,11-,12+/m0/s1. The number of ether oxygens (including phenoxy) is 2. The van der Waals surface area contributed by atoms with Gasteiger partial charge < -0.3 is 19.5 Å². The monoisotopic (exact) mass is 281 g/mol. The Morgan fingerprint density at radius 2 is 1.50 bits per heavy atom. The SMILES string of the molecule is O=C(O)[C@H]1CC[C@@H](C(=O)N2CC3C4CCC(O4)C3C2)O1. The lowest BCUT2D eigenvalue weighted by Gasteiger charge is -2.22. The number of carbonyl (C=O) groups is 2. The fourth-order valence-corrected chi connectivity index (χ4v) is 4.34. The van der Waals surface area contributed by atoms with Gasteiger partial charge in [0.25, 0.3) is 5.91 Å². The molecule has 20 heavy (non-hydrogen) atoms. The topological polar surface area (TPSA) is 76.1 Å². The van der Waals surface area contributed by atoms with Crippen LogP contribution in [0.25, 0.3) is 0 Å². The van der Waals surface area contributed by atoms with Gasteiger partial charge in [0.2, 0.25) is 0 Å². The maximum Gasteiger partial charge on any atom is 0.332 e. The van der Waals surface area contributed by atoms with Gasteiger partial charge in [-0.15, -0.1) is 0 Å². The lowest BCUT2D eigenvalue weighted by atomic mass is 9.82. The van der Waals surface area contributed by atoms with Crippen molar-refractivity contribution >= 4 is 11.9 Å². The number of rotatable bonds is 2. The molecular formula is C14H19NO5. The number of carbonyl (C=O) groups excluding carboxylic acids is 1. The number of hydrogen-bond acceptors (Lipinski definition) is 4. The van der Waals surface area contributed by atoms with Crippen molar-refractivity contribution < 1.29 is 24.2 Å². The fraction of sp³-hybridized carbons (Fsp3) is 0.857. The Morgan fingerprint density at radius 1 is 0.900 bits per heavy atom. The summed E-state index contributed by atoms with van der Waals surface area (Å²) < 4.78 is 11.3. The average Bonchev–Trinajstić information content (AvgIpc) is 3.17. The average molecular weight is 281 g/mol. The molecule has 4 saturated heterocycles. The molecule has 0 aromatic rings. The van der Waals surface area contributed by atoms with Crippen LogP contribution in [-0.2, 0) is 19.1 Å². The molecule has 0 aromatic carbocycles. The molecule has 110 valence electrons. The number of hydrogen-bond donors (Lipinski definition) is 1. The summed E-state index contributed by atoms with van der Waals surface area (Å²) in [4.78, 5) is 25.2. The molecule has 1 N–H and O–H groups in total. The van der Waals surface area contributed by atoms with Gasteiger partial charge >= 0.3 is 5.97 Å². The smallest absolute Gasteiger partial charge is 0.332 e. The van der Waals surface area contributed by atoms with Crippen molar-refractivity contribution in [1.82, 2.24) is 4.90 Å². The number of aliphatic carboxylic acids is 1. The lowest BCUT2D eigenvalue weighted by molar-refractivity contribution is -0.154. The van der Waals surface area contributed by atoms with Gasteiger partial charge in [-0.1, -0.05) is 0 Å². The van der Waals surface area contributed by atoms with Gasteiger partial charge in [-0.2, -0.15) is 0 Å². The quantitative estimate of drug-likeness (QED) is 0.785. The number of amides is 1. The Kier molecular flexibility index (Phi) is 2.79. The van der Waals surface area contributed by atoms with Crippen LogP contribution in [0.2, 0.25) is 0 Å². The van der Waals surface area contributed by atoms with Gasteiger partial charge in [0.1, 0.15) is 6.10 Å². The number of carboxylic acid groups (broad SMARTS) is 1. The van der Waals surface area contributed by atoms with E-state index in [-0.39, 0.29) is 5.91 Å². The number of nitrogens with zero attached hydrogens (tertiary/aromatic N) is 1. The van der Waals surface area contributed by atoms with Crippen LogP contribution in [0.3, 0.4) is 0 Å². The second kappa shape index (κ2) is 4.43. The van der Waals surface area contributed by atoms with E-state index in [0.717, 1.165) is 25.9 Å². The molecule has 6 nitrogen and oxygen atoms in total. The minimum atomic E-state index is -0.968. The molecule has 2 bridgehead atoms. The second-order valence-electron chi connectivity index (χ2n) is 6.39. The molecule has 6 atom stereocenters. The van der Waals surface area contributed by atoms with Gasteiger partial charge in [0.05, 0.1) is 12.2 Å². The van der Waals surface area contributed by atoms with Crippen LogP contribution in [-0.4, -0.2) is 59.4 Å². The Bertz CT molecular complexity index is 435. The highest BCUT2D eigenvalue weighted by Gasteiger charge is 2.54. The van der Waals surface area contributed by atoms with Crippen molar-refractivity contribution in [2.45, 2.75) is 50.1 Å². The largest absolute Gasteiger partial charge is 0.479 e. The van der Waals surface area contributed by atoms with Crippen LogP contribution in [0, 0.1) is 11.8 Å². The normalized spacial score (nSPS) is 45.9. The molecule has 4 unspecified atom stereocenters. The third-order valence-corrected chi connectivity index (χ3v) is 5.33. The predicted molar refractivity (Wildman–Crippen MR) is 67.0 cm³/mol. The molecule has 6 heteroatoms. The van der Waals surface area contributed by atoms with Crippen molar-refractivity contribution in [3.63, 3.8) is 0 Å². The molecular weight excluding hydrogens is 262 g/mol. The summed E-state index contributed by atoms with van der Waals surface area (Å²) in [6.45, 7) is 1.50. The summed E-state index contributed by atoms with van der Waals surface area (Å²) in [5.74, 6) is -0.0312. The van der Waals surface area contributed by atoms with Crippen LogP contribution in [0.5, 0.6) is 0 Å². The zero-order valence-corrected chi connectivity index (χ0v) is 11.2. The lowest BCUT2D eigenvalue weighted by Crippen LogP contribution is -2.39. The summed E-state index contributed by atoms with van der Waals surface area (Å²) >= 11 is 0. The van der Waals surface area contributed by atoms with Gasteiger partial charge in [-0.3, -0.25) is 4.79 Å². The van der Waals surface area contributed by atoms with Gasteiger partial charge in [0.15, 0.2) is 6.10 Å². The summed E-state index contributed by atoms with van der Waals surface area (Å²) in [6.07, 6.45) is 2.48. The van der Waals surface area contributed by atoms with Crippen LogP contribution < -0.4 is 0 Å². The zero-order valence-electron chi connectivity index (χ0n) is 11.2. The van der Waals surface area contributed by atoms with Crippen molar-refractivity contribution in [3.8, 4) is 0 Å². The highest BCUT2D eigenvalue weighted by atomic mass is 16.5. The number of likely N-dealkylation sites (tertiary alicyclic amines) is 1. The van der Waals surface area contributed by atoms with E-state index in [1.165, 1.54) is 0 Å². The van der Waals surface area contributed by atoms with E-state index in [1.54, 1.807) is 0 Å². The molecule has 4 rings (SSSR count). The molecule has 4 fully saturated rings. The summed E-state index contributed by atoms with van der Waals surface area (Å²) in [6, 6.07) is 0. The maximum absolute atomic E-state index is 12.4. The highest BCUT2D eigenvalue weighted by Crippen LogP contribution is 2.47. The van der Waals surface area contributed by atoms with Gasteiger partial charge in [-0.25, -0.2) is 4.79 Å². The molecule has 0 aliphatic carbocycles. The maximum atomic E-state index is 12.4. The van der Waals surface area contributed by atoms with E-state index in [0.29, 0.717) is 36.9 Å². The number of carboxylic acids is 1. The third kappa shape index (κ3) is 1.78. The minimum Gasteiger partial charge on any atom is -0.479 e. The van der Waals surface area contributed by atoms with E-state index in [2.05, 4.69) is 0 Å². The zero-order chi connectivity index (χ0) is 13.9. The van der Waals surface area contributed by atoms with E-state index in [1.807, 2.05) is 4.90 Å². The van der Waals surface area contributed by atoms with E-state index in [9.17, 15) is 9.59 Å². The molecule has 4 aliphatic heterocycles. The molecule has 0 aromatic heterocycles. The molecule has 0 spiro atoms. The van der Waals surface area contributed by atoms with Crippen molar-refractivity contribution in [2.75, 3.05) is 13.1 Å². The summed E-state index contributed by atoms with van der Waals surface area (Å²) in [7, 11) is 0. The minimum absolute atomic E-state index is 0.0254. The summed E-state index contributed by atoms with van der Waals surface area (Å²) in [5.41, 5.74) is 0. The Hall–Kier alpha value is -1.14. The molecule has 4 heterocycles. The van der Waals surface area contributed by atoms with Crippen molar-refractivity contribution in [3.05, 3.63) is 0 Å². The van der Waals surface area contributed by atoms with Crippen LogP contribution in [0.1, 0.15) is 25.7 Å². The first-order chi connectivity index (χ1) is 9.63. The highest BCUT2D eigenvalue weighted by molar-refractivity contribution is 5.83. The van der Waals surface area contributed by atoms with E-state index >= 15 is 0 Å². The van der Waals surface area contributed by atoms with Crippen molar-refractivity contribution in [2.24, 2.45) is 11.8 Å². The Morgan fingerprint density at radius 3 is 2.05 bits per heavy atom. The Labute approximate surface area is 117 Å².